The molecule has 3 rings (SSSR count). The van der Waals surface area contributed by atoms with Crippen molar-refractivity contribution < 1.29 is 0 Å². The maximum absolute atomic E-state index is 6.40. The molecule has 0 aliphatic carbocycles. The third-order valence-corrected chi connectivity index (χ3v) is 4.46. The minimum absolute atomic E-state index is 0.116. The molecule has 4 heteroatoms. The van der Waals surface area contributed by atoms with Crippen molar-refractivity contribution in [1.82, 2.24) is 9.88 Å². The van der Waals surface area contributed by atoms with Crippen LogP contribution in [-0.2, 0) is 0 Å². The molecule has 0 unspecified atom stereocenters. The van der Waals surface area contributed by atoms with Crippen LogP contribution in [0.15, 0.2) is 42.6 Å². The van der Waals surface area contributed by atoms with E-state index in [2.05, 4.69) is 47.0 Å². The molecule has 1 aliphatic rings. The monoisotopic (exact) mass is 296 g/mol. The highest BCUT2D eigenvalue weighted by molar-refractivity contribution is 5.46. The highest BCUT2D eigenvalue weighted by atomic mass is 15.3. The summed E-state index contributed by atoms with van der Waals surface area (Å²) >= 11 is 0. The van der Waals surface area contributed by atoms with Gasteiger partial charge in [0.05, 0.1) is 6.04 Å². The Kier molecular flexibility index (Phi) is 4.41. The van der Waals surface area contributed by atoms with E-state index in [-0.39, 0.29) is 6.04 Å². The molecule has 0 radical (unpaired) electrons. The van der Waals surface area contributed by atoms with E-state index >= 15 is 0 Å². The number of anilines is 1. The normalized spacial score (nSPS) is 17.5. The van der Waals surface area contributed by atoms with Gasteiger partial charge in [0.1, 0.15) is 5.82 Å². The van der Waals surface area contributed by atoms with Crippen molar-refractivity contribution >= 4 is 5.82 Å². The lowest BCUT2D eigenvalue weighted by molar-refractivity contribution is 0.312. The second-order valence-electron chi connectivity index (χ2n) is 6.08. The van der Waals surface area contributed by atoms with Crippen LogP contribution in [0, 0.1) is 6.92 Å². The Morgan fingerprint density at radius 3 is 2.41 bits per heavy atom. The second kappa shape index (κ2) is 6.46. The quantitative estimate of drug-likeness (QED) is 0.943. The van der Waals surface area contributed by atoms with Crippen LogP contribution in [-0.4, -0.2) is 43.1 Å². The number of pyridine rings is 1. The van der Waals surface area contributed by atoms with Gasteiger partial charge in [0.25, 0.3) is 0 Å². The Hall–Kier alpha value is -1.91. The molecular formula is C18H24N4. The van der Waals surface area contributed by atoms with Gasteiger partial charge in [-0.1, -0.05) is 30.3 Å². The molecule has 116 valence electrons. The maximum Gasteiger partial charge on any atom is 0.128 e. The fraction of sp³-hybridized carbons (Fsp3) is 0.389. The lowest BCUT2D eigenvalue weighted by Gasteiger charge is -2.33. The summed E-state index contributed by atoms with van der Waals surface area (Å²) in [5, 5.41) is 0. The molecule has 0 spiro atoms. The topological polar surface area (TPSA) is 45.4 Å². The van der Waals surface area contributed by atoms with E-state index in [1.807, 2.05) is 24.4 Å². The highest BCUT2D eigenvalue weighted by Gasteiger charge is 2.17. The van der Waals surface area contributed by atoms with Crippen molar-refractivity contribution in [1.29, 1.82) is 0 Å². The van der Waals surface area contributed by atoms with Crippen LogP contribution in [0.1, 0.15) is 22.7 Å². The third-order valence-electron chi connectivity index (χ3n) is 4.46. The summed E-state index contributed by atoms with van der Waals surface area (Å²) in [6.07, 6.45) is 1.95. The SMILES string of the molecule is Cc1cc(N2CCN(C)CC2)ncc1[C@H](N)c1ccccc1. The van der Waals surface area contributed by atoms with Gasteiger partial charge in [-0.3, -0.25) is 0 Å². The van der Waals surface area contributed by atoms with Crippen LogP contribution in [0.2, 0.25) is 0 Å². The Morgan fingerprint density at radius 1 is 1.09 bits per heavy atom. The van der Waals surface area contributed by atoms with Crippen molar-refractivity contribution in [2.45, 2.75) is 13.0 Å². The first-order valence-corrected chi connectivity index (χ1v) is 7.85. The molecule has 1 fully saturated rings. The van der Waals surface area contributed by atoms with Crippen molar-refractivity contribution in [3.63, 3.8) is 0 Å². The van der Waals surface area contributed by atoms with Gasteiger partial charge in [0.15, 0.2) is 0 Å². The summed E-state index contributed by atoms with van der Waals surface area (Å²) in [7, 11) is 2.16. The van der Waals surface area contributed by atoms with Crippen molar-refractivity contribution in [3.05, 3.63) is 59.3 Å². The molecule has 2 aromatic rings. The van der Waals surface area contributed by atoms with E-state index in [1.165, 1.54) is 5.56 Å². The predicted molar refractivity (Wildman–Crippen MR) is 91.2 cm³/mol. The van der Waals surface area contributed by atoms with Crippen LogP contribution >= 0.6 is 0 Å². The van der Waals surface area contributed by atoms with Gasteiger partial charge in [0, 0.05) is 32.4 Å². The van der Waals surface area contributed by atoms with Gasteiger partial charge in [-0.2, -0.15) is 0 Å². The Balaban J connectivity index is 1.80. The van der Waals surface area contributed by atoms with Crippen LogP contribution < -0.4 is 10.6 Å². The number of hydrogen-bond donors (Lipinski definition) is 1. The number of nitrogens with two attached hydrogens (primary N) is 1. The van der Waals surface area contributed by atoms with Crippen LogP contribution in [0.25, 0.3) is 0 Å². The molecule has 0 amide bonds. The zero-order valence-corrected chi connectivity index (χ0v) is 13.4. The number of likely N-dealkylation sites (N-methyl/N-ethyl adjacent to an activating group) is 1. The molecule has 1 aromatic heterocycles. The van der Waals surface area contributed by atoms with Crippen LogP contribution in [0.3, 0.4) is 0 Å². The first kappa shape index (κ1) is 15.0. The van der Waals surface area contributed by atoms with E-state index < -0.39 is 0 Å². The Morgan fingerprint density at radius 2 is 1.77 bits per heavy atom. The van der Waals surface area contributed by atoms with E-state index in [4.69, 9.17) is 5.73 Å². The summed E-state index contributed by atoms with van der Waals surface area (Å²) in [6.45, 7) is 6.37. The van der Waals surface area contributed by atoms with E-state index in [1.54, 1.807) is 0 Å². The maximum atomic E-state index is 6.40. The molecule has 2 N–H and O–H groups in total. The standard InChI is InChI=1S/C18H24N4/c1-14-12-17(22-10-8-21(2)9-11-22)20-13-16(14)18(19)15-6-4-3-5-7-15/h3-7,12-13,18H,8-11,19H2,1-2H3/t18-/m1/s1. The van der Waals surface area contributed by atoms with Gasteiger partial charge in [-0.25, -0.2) is 4.98 Å². The molecule has 4 nitrogen and oxygen atoms in total. The number of aryl methyl sites for hydroxylation is 1. The van der Waals surface area contributed by atoms with E-state index in [9.17, 15) is 0 Å². The zero-order valence-electron chi connectivity index (χ0n) is 13.4. The van der Waals surface area contributed by atoms with Crippen LogP contribution in [0.4, 0.5) is 5.82 Å². The fourth-order valence-electron chi connectivity index (χ4n) is 2.93. The number of nitrogens with zero attached hydrogens (tertiary/aromatic N) is 3. The lowest BCUT2D eigenvalue weighted by atomic mass is 9.97. The third kappa shape index (κ3) is 3.13. The number of rotatable bonds is 3. The molecule has 22 heavy (non-hydrogen) atoms. The average Bonchev–Trinajstić information content (AvgIpc) is 2.56. The first-order chi connectivity index (χ1) is 10.6. The molecule has 2 heterocycles. The first-order valence-electron chi connectivity index (χ1n) is 7.85. The average molecular weight is 296 g/mol. The van der Waals surface area contributed by atoms with Gasteiger partial charge >= 0.3 is 0 Å². The molecule has 0 bridgehead atoms. The fourth-order valence-corrected chi connectivity index (χ4v) is 2.93. The molecule has 0 saturated carbocycles. The summed E-state index contributed by atoms with van der Waals surface area (Å²) in [4.78, 5) is 9.36. The number of benzene rings is 1. The largest absolute Gasteiger partial charge is 0.354 e. The number of piperazine rings is 1. The molecule has 1 saturated heterocycles. The van der Waals surface area contributed by atoms with E-state index in [0.717, 1.165) is 43.1 Å². The van der Waals surface area contributed by atoms with Crippen molar-refractivity contribution in [2.24, 2.45) is 5.73 Å². The van der Waals surface area contributed by atoms with Crippen LogP contribution in [0.5, 0.6) is 0 Å². The molecule has 1 atom stereocenters. The summed E-state index contributed by atoms with van der Waals surface area (Å²) in [5.74, 6) is 1.06. The van der Waals surface area contributed by atoms with Gasteiger partial charge in [-0.05, 0) is 36.7 Å². The zero-order chi connectivity index (χ0) is 15.5. The Labute approximate surface area is 132 Å². The number of aromatic nitrogens is 1. The van der Waals surface area contributed by atoms with Gasteiger partial charge < -0.3 is 15.5 Å². The highest BCUT2D eigenvalue weighted by Crippen LogP contribution is 2.25. The number of hydrogen-bond acceptors (Lipinski definition) is 4. The summed E-state index contributed by atoms with van der Waals surface area (Å²) < 4.78 is 0. The van der Waals surface area contributed by atoms with Crippen molar-refractivity contribution in [2.75, 3.05) is 38.1 Å². The predicted octanol–water partition coefficient (Wildman–Crippen LogP) is 2.19. The smallest absolute Gasteiger partial charge is 0.128 e. The van der Waals surface area contributed by atoms with Gasteiger partial charge in [-0.15, -0.1) is 0 Å². The minimum Gasteiger partial charge on any atom is -0.354 e. The Bertz CT molecular complexity index is 618. The molecule has 1 aliphatic heterocycles. The van der Waals surface area contributed by atoms with Crippen molar-refractivity contribution in [3.8, 4) is 0 Å². The summed E-state index contributed by atoms with van der Waals surface area (Å²) in [6, 6.07) is 12.3. The van der Waals surface area contributed by atoms with E-state index in [0.29, 0.717) is 0 Å². The molecular weight excluding hydrogens is 272 g/mol. The second-order valence-corrected chi connectivity index (χ2v) is 6.08. The minimum atomic E-state index is -0.116. The molecule has 1 aromatic carbocycles. The lowest BCUT2D eigenvalue weighted by Crippen LogP contribution is -2.44. The van der Waals surface area contributed by atoms with Gasteiger partial charge in [0.2, 0.25) is 0 Å². The summed E-state index contributed by atoms with van der Waals surface area (Å²) in [5.41, 5.74) is 9.84.